The molecule has 6 amide bonds. The van der Waals surface area contributed by atoms with E-state index in [2.05, 4.69) is 31.9 Å². The predicted molar refractivity (Wildman–Crippen MR) is 206 cm³/mol. The van der Waals surface area contributed by atoms with Gasteiger partial charge in [0.05, 0.1) is 6.42 Å². The summed E-state index contributed by atoms with van der Waals surface area (Å²) in [5.41, 5.74) is 1.66. The summed E-state index contributed by atoms with van der Waals surface area (Å²) in [4.78, 5) is 103. The Bertz CT molecular complexity index is 1880. The average molecular weight is 809 g/mol. The van der Waals surface area contributed by atoms with E-state index in [1.165, 1.54) is 31.3 Å². The summed E-state index contributed by atoms with van der Waals surface area (Å²) in [6.07, 6.45) is -2.08. The smallest absolute Gasteiger partial charge is 0.305 e. The molecule has 3 rings (SSSR count). The van der Waals surface area contributed by atoms with Crippen molar-refractivity contribution in [3.63, 3.8) is 0 Å². The lowest BCUT2D eigenvalue weighted by Gasteiger charge is -2.27. The Morgan fingerprint density at radius 3 is 1.42 bits per heavy atom. The van der Waals surface area contributed by atoms with Crippen LogP contribution in [0.15, 0.2) is 78.9 Å². The number of likely N-dealkylation sites (N-methyl/N-ethyl adjacent to an activating group) is 1. The number of hydrogen-bond acceptors (Lipinski definition) is 9. The number of aliphatic carboxylic acids is 2. The van der Waals surface area contributed by atoms with Gasteiger partial charge in [0.15, 0.2) is 0 Å². The van der Waals surface area contributed by atoms with E-state index >= 15 is 0 Å². The second kappa shape index (κ2) is 22.2. The van der Waals surface area contributed by atoms with Crippen LogP contribution in [-0.4, -0.2) is 100.0 Å². The lowest BCUT2D eigenvalue weighted by atomic mass is 10.0. The van der Waals surface area contributed by atoms with E-state index in [0.717, 1.165) is 6.92 Å². The minimum Gasteiger partial charge on any atom is -0.508 e. The van der Waals surface area contributed by atoms with Gasteiger partial charge in [-0.25, -0.2) is 0 Å². The molecule has 304 valence electrons. The van der Waals surface area contributed by atoms with Gasteiger partial charge in [0.1, 0.15) is 36.0 Å². The molecule has 0 heterocycles. The molecular weight excluding hydrogens is 764 g/mol. The Balaban J connectivity index is 1.94. The fourth-order valence-electron chi connectivity index (χ4n) is 5.63. The monoisotopic (exact) mass is 808 g/mol. The van der Waals surface area contributed by atoms with E-state index in [9.17, 15) is 53.7 Å². The molecule has 0 aliphatic heterocycles. The van der Waals surface area contributed by atoms with Crippen LogP contribution in [0.1, 0.15) is 42.9 Å². The number of amides is 6. The molecule has 3 aromatic rings. The number of halogens is 1. The van der Waals surface area contributed by atoms with Crippen LogP contribution in [0.25, 0.3) is 0 Å². The number of carbonyl (C=O) groups excluding carboxylic acids is 6. The van der Waals surface area contributed by atoms with Gasteiger partial charge in [0.25, 0.3) is 0 Å². The number of hydrogen-bond donors (Lipinski definition) is 9. The molecule has 3 aromatic carbocycles. The fourth-order valence-corrected chi connectivity index (χ4v) is 5.76. The summed E-state index contributed by atoms with van der Waals surface area (Å²) in [5.74, 6) is -7.75. The third-order valence-electron chi connectivity index (χ3n) is 8.51. The number of carbonyl (C=O) groups is 8. The number of phenolic OH excluding ortho intramolecular Hbond substituents is 1. The van der Waals surface area contributed by atoms with Gasteiger partial charge in [-0.15, -0.1) is 0 Å². The maximum absolute atomic E-state index is 14.1. The number of rotatable bonds is 21. The van der Waals surface area contributed by atoms with Crippen molar-refractivity contribution in [2.45, 2.75) is 75.7 Å². The van der Waals surface area contributed by atoms with Gasteiger partial charge in [-0.05, 0) is 47.4 Å². The molecule has 0 saturated heterocycles. The van der Waals surface area contributed by atoms with Crippen molar-refractivity contribution < 1.29 is 53.7 Å². The van der Waals surface area contributed by atoms with E-state index < -0.39 is 96.9 Å². The van der Waals surface area contributed by atoms with Crippen LogP contribution < -0.4 is 31.9 Å². The normalized spacial score (nSPS) is 13.3. The number of phenols is 1. The van der Waals surface area contributed by atoms with Gasteiger partial charge in [-0.2, -0.15) is 0 Å². The van der Waals surface area contributed by atoms with Crippen molar-refractivity contribution in [3.8, 4) is 5.75 Å². The fraction of sp³-hybridized carbons (Fsp3) is 0.333. The van der Waals surface area contributed by atoms with Crippen LogP contribution in [0.3, 0.4) is 0 Å². The Morgan fingerprint density at radius 1 is 0.544 bits per heavy atom. The second-order valence-electron chi connectivity index (χ2n) is 13.0. The lowest BCUT2D eigenvalue weighted by molar-refractivity contribution is -0.141. The highest BCUT2D eigenvalue weighted by Crippen LogP contribution is 2.14. The summed E-state index contributed by atoms with van der Waals surface area (Å²) in [7, 11) is 1.37. The lowest BCUT2D eigenvalue weighted by Crippen LogP contribution is -2.60. The Morgan fingerprint density at radius 2 is 0.965 bits per heavy atom. The maximum atomic E-state index is 14.1. The molecular formula is C39H45ClN6O11. The van der Waals surface area contributed by atoms with Crippen molar-refractivity contribution in [3.05, 3.63) is 101 Å². The van der Waals surface area contributed by atoms with Crippen molar-refractivity contribution in [2.24, 2.45) is 0 Å². The SMILES string of the molecule is CNC(=O)[C@H](Cc1ccc(Cl)cc1)NC(=O)[C@H](CCC(=O)O)NC(=O)[C@H](Cc1ccccc1)NC(=O)[C@H](Cc1ccc(O)cc1)NC(=O)[C@H](CC(=O)O)NC(C)=O. The number of carboxylic acid groups (broad SMARTS) is 2. The van der Waals surface area contributed by atoms with Crippen LogP contribution in [0, 0.1) is 0 Å². The van der Waals surface area contributed by atoms with Crippen molar-refractivity contribution in [2.75, 3.05) is 7.05 Å². The molecule has 0 aliphatic carbocycles. The molecule has 57 heavy (non-hydrogen) atoms. The summed E-state index contributed by atoms with van der Waals surface area (Å²) >= 11 is 5.98. The summed E-state index contributed by atoms with van der Waals surface area (Å²) in [6, 6.07) is 13.5. The topological polar surface area (TPSA) is 269 Å². The molecule has 17 nitrogen and oxygen atoms in total. The molecule has 0 aliphatic rings. The van der Waals surface area contributed by atoms with E-state index in [0.29, 0.717) is 21.7 Å². The number of aromatic hydroxyl groups is 1. The first kappa shape index (κ1) is 44.9. The van der Waals surface area contributed by atoms with Crippen LogP contribution >= 0.6 is 11.6 Å². The Kier molecular flexibility index (Phi) is 17.5. The first-order chi connectivity index (χ1) is 27.0. The highest BCUT2D eigenvalue weighted by atomic mass is 35.5. The van der Waals surface area contributed by atoms with Crippen LogP contribution in [0.4, 0.5) is 0 Å². The van der Waals surface area contributed by atoms with Crippen LogP contribution in [0.2, 0.25) is 5.02 Å². The number of carboxylic acids is 2. The van der Waals surface area contributed by atoms with E-state index in [1.54, 1.807) is 54.6 Å². The van der Waals surface area contributed by atoms with Gasteiger partial charge < -0.3 is 47.2 Å². The highest BCUT2D eigenvalue weighted by molar-refractivity contribution is 6.30. The second-order valence-corrected chi connectivity index (χ2v) is 13.5. The standard InChI is InChI=1S/C39H45ClN6O11/c1-22(47)42-32(21-34(51)52)39(57)46-31(20-25-10-14-27(48)15-11-25)38(56)45-30(18-23-6-4-3-5-7-23)37(55)43-28(16-17-33(49)50)36(54)44-29(35(53)41-2)19-24-8-12-26(40)13-9-24/h3-15,28-32,48H,16-21H2,1-2H3,(H,41,53)(H,42,47)(H,43,55)(H,44,54)(H,45,56)(H,46,57)(H,49,50)(H,51,52)/t28-,29-,30-,31-,32-/m0/s1. The molecule has 9 N–H and O–H groups in total. The minimum absolute atomic E-state index is 0.0261. The van der Waals surface area contributed by atoms with Crippen LogP contribution in [-0.2, 0) is 57.6 Å². The first-order valence-electron chi connectivity index (χ1n) is 17.7. The third-order valence-corrected chi connectivity index (χ3v) is 8.76. The van der Waals surface area contributed by atoms with E-state index in [-0.39, 0.29) is 25.0 Å². The molecule has 0 spiro atoms. The summed E-state index contributed by atoms with van der Waals surface area (Å²) in [6.45, 7) is 1.08. The van der Waals surface area contributed by atoms with Gasteiger partial charge in [-0.3, -0.25) is 38.4 Å². The third kappa shape index (κ3) is 15.6. The van der Waals surface area contributed by atoms with Gasteiger partial charge in [-0.1, -0.05) is 66.2 Å². The van der Waals surface area contributed by atoms with Gasteiger partial charge in [0, 0.05) is 44.7 Å². The molecule has 5 atom stereocenters. The van der Waals surface area contributed by atoms with E-state index in [1.807, 2.05) is 0 Å². The zero-order valence-corrected chi connectivity index (χ0v) is 31.9. The van der Waals surface area contributed by atoms with Gasteiger partial charge in [0.2, 0.25) is 35.4 Å². The van der Waals surface area contributed by atoms with Gasteiger partial charge >= 0.3 is 11.9 Å². The van der Waals surface area contributed by atoms with E-state index in [4.69, 9.17) is 11.6 Å². The molecule has 0 radical (unpaired) electrons. The molecule has 0 bridgehead atoms. The van der Waals surface area contributed by atoms with Crippen molar-refractivity contribution in [1.82, 2.24) is 31.9 Å². The number of nitrogens with one attached hydrogen (secondary N) is 6. The summed E-state index contributed by atoms with van der Waals surface area (Å²) < 4.78 is 0. The Hall–Kier alpha value is -6.49. The predicted octanol–water partition coefficient (Wildman–Crippen LogP) is 0.603. The minimum atomic E-state index is -1.56. The first-order valence-corrected chi connectivity index (χ1v) is 18.1. The zero-order valence-electron chi connectivity index (χ0n) is 31.1. The van der Waals surface area contributed by atoms with Crippen molar-refractivity contribution >= 4 is 59.0 Å². The van der Waals surface area contributed by atoms with Crippen molar-refractivity contribution in [1.29, 1.82) is 0 Å². The molecule has 18 heteroatoms. The zero-order chi connectivity index (χ0) is 42.1. The molecule has 0 fully saturated rings. The molecule has 0 aromatic heterocycles. The number of benzene rings is 3. The summed E-state index contributed by atoms with van der Waals surface area (Å²) in [5, 5.41) is 43.9. The molecule has 0 saturated carbocycles. The van der Waals surface area contributed by atoms with Crippen LogP contribution in [0.5, 0.6) is 5.75 Å². The average Bonchev–Trinajstić information content (AvgIpc) is 3.16. The maximum Gasteiger partial charge on any atom is 0.305 e. The largest absolute Gasteiger partial charge is 0.508 e. The quantitative estimate of drug-likeness (QED) is 0.0719. The molecule has 0 unspecified atom stereocenters. The highest BCUT2D eigenvalue weighted by Gasteiger charge is 2.33. The Labute approximate surface area is 332 Å².